The minimum Gasteiger partial charge on any atom is -0.508 e. The average molecular weight is 153 g/mol. The number of hydrogen-bond acceptors (Lipinski definition) is 4. The van der Waals surface area contributed by atoms with Crippen LogP contribution in [0.1, 0.15) is 5.56 Å². The van der Waals surface area contributed by atoms with Crippen molar-refractivity contribution in [2.24, 2.45) is 5.18 Å². The molecule has 4 heteroatoms. The molecule has 0 saturated heterocycles. The summed E-state index contributed by atoms with van der Waals surface area (Å²) in [7, 11) is 0. The van der Waals surface area contributed by atoms with Crippen molar-refractivity contribution in [1.29, 1.82) is 0 Å². The first-order valence-corrected chi connectivity index (χ1v) is 3.04. The molecule has 0 fully saturated rings. The second-order valence-electron chi connectivity index (χ2n) is 2.06. The fourth-order valence-electron chi connectivity index (χ4n) is 0.755. The van der Waals surface area contributed by atoms with Gasteiger partial charge < -0.3 is 10.2 Å². The Hall–Kier alpha value is -1.42. The highest BCUT2D eigenvalue weighted by molar-refractivity contribution is 5.46. The molecule has 0 atom stereocenters. The number of nitrogens with zero attached hydrogens (tertiary/aromatic N) is 1. The molecular weight excluding hydrogens is 146 g/mol. The van der Waals surface area contributed by atoms with Gasteiger partial charge in [-0.25, -0.2) is 0 Å². The zero-order chi connectivity index (χ0) is 8.27. The van der Waals surface area contributed by atoms with E-state index in [9.17, 15) is 4.91 Å². The molecule has 0 saturated carbocycles. The van der Waals surface area contributed by atoms with E-state index in [1.54, 1.807) is 0 Å². The van der Waals surface area contributed by atoms with Gasteiger partial charge in [0.15, 0.2) is 0 Å². The Morgan fingerprint density at radius 3 is 2.73 bits per heavy atom. The Morgan fingerprint density at radius 2 is 2.18 bits per heavy atom. The number of aliphatic hydroxyl groups excluding tert-OH is 1. The van der Waals surface area contributed by atoms with E-state index in [1.165, 1.54) is 18.2 Å². The molecule has 1 aromatic carbocycles. The number of aliphatic hydroxyl groups is 1. The van der Waals surface area contributed by atoms with E-state index in [1.807, 2.05) is 0 Å². The van der Waals surface area contributed by atoms with Gasteiger partial charge in [-0.05, 0) is 23.4 Å². The van der Waals surface area contributed by atoms with E-state index in [0.717, 1.165) is 0 Å². The summed E-state index contributed by atoms with van der Waals surface area (Å²) < 4.78 is 0. The molecule has 1 rings (SSSR count). The fraction of sp³-hybridized carbons (Fsp3) is 0.143. The Bertz CT molecular complexity index is 272. The Labute approximate surface area is 63.1 Å². The summed E-state index contributed by atoms with van der Waals surface area (Å²) in [6.07, 6.45) is 0. The fourth-order valence-corrected chi connectivity index (χ4v) is 0.755. The second kappa shape index (κ2) is 3.12. The molecule has 0 aromatic heterocycles. The summed E-state index contributed by atoms with van der Waals surface area (Å²) in [5, 5.41) is 20.3. The van der Waals surface area contributed by atoms with Gasteiger partial charge in [-0.15, -0.1) is 4.91 Å². The van der Waals surface area contributed by atoms with E-state index in [2.05, 4.69) is 5.18 Å². The van der Waals surface area contributed by atoms with E-state index in [0.29, 0.717) is 5.56 Å². The molecule has 0 radical (unpaired) electrons. The lowest BCUT2D eigenvalue weighted by Gasteiger charge is -1.98. The van der Waals surface area contributed by atoms with Crippen molar-refractivity contribution in [3.05, 3.63) is 28.7 Å². The summed E-state index contributed by atoms with van der Waals surface area (Å²) in [6.45, 7) is -0.296. The summed E-state index contributed by atoms with van der Waals surface area (Å²) in [4.78, 5) is 9.97. The third kappa shape index (κ3) is 1.53. The van der Waals surface area contributed by atoms with Crippen LogP contribution in [-0.4, -0.2) is 10.2 Å². The minimum absolute atomic E-state index is 0.0279. The number of benzene rings is 1. The van der Waals surface area contributed by atoms with E-state index in [4.69, 9.17) is 10.2 Å². The summed E-state index contributed by atoms with van der Waals surface area (Å²) >= 11 is 0. The highest BCUT2D eigenvalue weighted by Gasteiger charge is 2.00. The lowest BCUT2D eigenvalue weighted by molar-refractivity contribution is 0.275. The smallest absolute Gasteiger partial charge is 0.121 e. The Morgan fingerprint density at radius 1 is 1.45 bits per heavy atom. The Balaban J connectivity index is 3.12. The first-order valence-electron chi connectivity index (χ1n) is 3.04. The predicted molar refractivity (Wildman–Crippen MR) is 39.5 cm³/mol. The van der Waals surface area contributed by atoms with Crippen molar-refractivity contribution in [1.82, 2.24) is 0 Å². The maximum absolute atomic E-state index is 9.97. The van der Waals surface area contributed by atoms with Crippen LogP contribution >= 0.6 is 0 Å². The maximum Gasteiger partial charge on any atom is 0.121 e. The van der Waals surface area contributed by atoms with Crippen molar-refractivity contribution in [3.8, 4) is 5.75 Å². The Kier molecular flexibility index (Phi) is 2.18. The molecule has 0 unspecified atom stereocenters. The van der Waals surface area contributed by atoms with Crippen LogP contribution in [0.15, 0.2) is 23.4 Å². The van der Waals surface area contributed by atoms with Crippen LogP contribution in [0.2, 0.25) is 0 Å². The van der Waals surface area contributed by atoms with E-state index < -0.39 is 0 Å². The van der Waals surface area contributed by atoms with E-state index >= 15 is 0 Å². The lowest BCUT2D eigenvalue weighted by Crippen LogP contribution is -1.82. The van der Waals surface area contributed by atoms with Gasteiger partial charge in [0.05, 0.1) is 6.61 Å². The van der Waals surface area contributed by atoms with Crippen molar-refractivity contribution in [2.75, 3.05) is 0 Å². The van der Waals surface area contributed by atoms with Crippen molar-refractivity contribution < 1.29 is 10.2 Å². The third-order valence-corrected chi connectivity index (χ3v) is 1.34. The van der Waals surface area contributed by atoms with Gasteiger partial charge in [0, 0.05) is 5.56 Å². The highest BCUT2D eigenvalue weighted by atomic mass is 16.3. The molecular formula is C7H7NO3. The summed E-state index contributed by atoms with van der Waals surface area (Å²) in [6, 6.07) is 4.03. The van der Waals surface area contributed by atoms with Gasteiger partial charge >= 0.3 is 0 Å². The predicted octanol–water partition coefficient (Wildman–Crippen LogP) is 1.28. The number of nitroso groups, excluding NO2 is 1. The molecule has 1 aromatic rings. The monoisotopic (exact) mass is 153 g/mol. The molecule has 11 heavy (non-hydrogen) atoms. The minimum atomic E-state index is -0.296. The molecule has 58 valence electrons. The summed E-state index contributed by atoms with van der Waals surface area (Å²) in [5.74, 6) is -0.0279. The number of phenols is 1. The van der Waals surface area contributed by atoms with Crippen LogP contribution in [0, 0.1) is 4.91 Å². The lowest BCUT2D eigenvalue weighted by atomic mass is 10.2. The molecule has 4 nitrogen and oxygen atoms in total. The molecule has 0 aliphatic heterocycles. The maximum atomic E-state index is 9.97. The van der Waals surface area contributed by atoms with Crippen LogP contribution in [-0.2, 0) is 6.61 Å². The van der Waals surface area contributed by atoms with Gasteiger partial charge in [-0.2, -0.15) is 0 Å². The van der Waals surface area contributed by atoms with Crippen molar-refractivity contribution in [2.45, 2.75) is 6.61 Å². The van der Waals surface area contributed by atoms with Gasteiger partial charge in [-0.1, -0.05) is 0 Å². The molecule has 0 heterocycles. The van der Waals surface area contributed by atoms with Crippen molar-refractivity contribution >= 4 is 5.69 Å². The van der Waals surface area contributed by atoms with Crippen molar-refractivity contribution in [3.63, 3.8) is 0 Å². The zero-order valence-electron chi connectivity index (χ0n) is 5.69. The zero-order valence-corrected chi connectivity index (χ0v) is 5.69. The van der Waals surface area contributed by atoms with Gasteiger partial charge in [-0.3, -0.25) is 0 Å². The number of hydrogen-bond donors (Lipinski definition) is 2. The number of aromatic hydroxyl groups is 1. The van der Waals surface area contributed by atoms with Crippen LogP contribution in [0.4, 0.5) is 5.69 Å². The van der Waals surface area contributed by atoms with Gasteiger partial charge in [0.25, 0.3) is 0 Å². The largest absolute Gasteiger partial charge is 0.508 e. The topological polar surface area (TPSA) is 69.9 Å². The standard InChI is InChI=1S/C7H7NO3/c9-4-5-3-6(8-11)1-2-7(5)10/h1-3,9-10H,4H2. The second-order valence-corrected chi connectivity index (χ2v) is 2.06. The molecule has 0 bridgehead atoms. The molecule has 0 spiro atoms. The highest BCUT2D eigenvalue weighted by Crippen LogP contribution is 2.22. The van der Waals surface area contributed by atoms with E-state index in [-0.39, 0.29) is 18.0 Å². The van der Waals surface area contributed by atoms with Crippen LogP contribution in [0.3, 0.4) is 0 Å². The molecule has 0 aliphatic rings. The molecule has 2 N–H and O–H groups in total. The molecule has 0 aliphatic carbocycles. The third-order valence-electron chi connectivity index (χ3n) is 1.34. The number of rotatable bonds is 2. The van der Waals surface area contributed by atoms with Crippen LogP contribution in [0.5, 0.6) is 5.75 Å². The van der Waals surface area contributed by atoms with Crippen LogP contribution < -0.4 is 0 Å². The summed E-state index contributed by atoms with van der Waals surface area (Å²) in [5.41, 5.74) is 0.508. The molecule has 0 amide bonds. The average Bonchev–Trinajstić information content (AvgIpc) is 2.05. The van der Waals surface area contributed by atoms with Crippen LogP contribution in [0.25, 0.3) is 0 Å². The first-order chi connectivity index (χ1) is 5.27. The van der Waals surface area contributed by atoms with Gasteiger partial charge in [0.1, 0.15) is 11.4 Å². The SMILES string of the molecule is O=Nc1ccc(O)c(CO)c1. The normalized spacial score (nSPS) is 9.55. The quantitative estimate of drug-likeness (QED) is 0.629. The first kappa shape index (κ1) is 7.68. The van der Waals surface area contributed by atoms with Gasteiger partial charge in [0.2, 0.25) is 0 Å².